The number of halogens is 2. The normalized spacial score (nSPS) is 12.7. The molecule has 1 amide bonds. The zero-order chi connectivity index (χ0) is 13.5. The summed E-state index contributed by atoms with van der Waals surface area (Å²) in [6.45, 7) is 2.35. The minimum atomic E-state index is -0.175. The van der Waals surface area contributed by atoms with Gasteiger partial charge < -0.3 is 10.1 Å². The third-order valence-electron chi connectivity index (χ3n) is 2.18. The van der Waals surface area contributed by atoms with E-state index in [1.54, 1.807) is 31.4 Å². The highest BCUT2D eigenvalue weighted by atomic mass is 35.5. The number of amides is 1. The molecule has 0 aromatic heterocycles. The maximum Gasteiger partial charge on any atom is 0.244 e. The number of carbonyl (C=O) groups is 1. The maximum absolute atomic E-state index is 11.5. The van der Waals surface area contributed by atoms with Crippen molar-refractivity contribution in [2.75, 3.05) is 13.7 Å². The second-order valence-corrected chi connectivity index (χ2v) is 4.69. The number of hydrogen-bond donors (Lipinski definition) is 1. The van der Waals surface area contributed by atoms with Crippen molar-refractivity contribution in [3.05, 3.63) is 39.9 Å². The Morgan fingerprint density at radius 2 is 2.17 bits per heavy atom. The second kappa shape index (κ2) is 7.41. The largest absolute Gasteiger partial charge is 0.383 e. The van der Waals surface area contributed by atoms with Gasteiger partial charge in [-0.3, -0.25) is 4.79 Å². The van der Waals surface area contributed by atoms with Gasteiger partial charge in [-0.05, 0) is 30.7 Å². The van der Waals surface area contributed by atoms with Gasteiger partial charge in [0.05, 0.1) is 16.7 Å². The number of rotatable bonds is 5. The van der Waals surface area contributed by atoms with E-state index in [1.165, 1.54) is 6.08 Å². The van der Waals surface area contributed by atoms with Crippen LogP contribution >= 0.6 is 23.2 Å². The van der Waals surface area contributed by atoms with Crippen LogP contribution in [0.2, 0.25) is 10.0 Å². The van der Waals surface area contributed by atoms with Crippen molar-refractivity contribution in [1.29, 1.82) is 0 Å². The minimum absolute atomic E-state index is 0.0269. The fraction of sp³-hybridized carbons (Fsp3) is 0.308. The fourth-order valence-corrected chi connectivity index (χ4v) is 1.68. The van der Waals surface area contributed by atoms with Gasteiger partial charge in [0.25, 0.3) is 0 Å². The summed E-state index contributed by atoms with van der Waals surface area (Å²) in [6.07, 6.45) is 3.13. The number of hydrogen-bond acceptors (Lipinski definition) is 2. The van der Waals surface area contributed by atoms with Crippen LogP contribution in [0.25, 0.3) is 6.08 Å². The number of benzene rings is 1. The van der Waals surface area contributed by atoms with Crippen LogP contribution in [0, 0.1) is 0 Å². The van der Waals surface area contributed by atoms with Gasteiger partial charge in [-0.15, -0.1) is 0 Å². The van der Waals surface area contributed by atoms with E-state index in [-0.39, 0.29) is 11.9 Å². The predicted octanol–water partition coefficient (Wildman–Crippen LogP) is 3.16. The highest BCUT2D eigenvalue weighted by molar-refractivity contribution is 6.42. The first-order valence-electron chi connectivity index (χ1n) is 5.45. The molecule has 0 heterocycles. The van der Waals surface area contributed by atoms with E-state index in [0.717, 1.165) is 5.56 Å². The summed E-state index contributed by atoms with van der Waals surface area (Å²) in [6, 6.07) is 5.15. The molecule has 1 aromatic carbocycles. The zero-order valence-electron chi connectivity index (χ0n) is 10.2. The van der Waals surface area contributed by atoms with E-state index in [0.29, 0.717) is 16.7 Å². The van der Waals surface area contributed by atoms with Crippen molar-refractivity contribution in [2.24, 2.45) is 0 Å². The van der Waals surface area contributed by atoms with Gasteiger partial charge in [0.1, 0.15) is 0 Å². The molecule has 0 aliphatic carbocycles. The molecule has 0 bridgehead atoms. The topological polar surface area (TPSA) is 38.3 Å². The molecule has 0 saturated carbocycles. The Balaban J connectivity index is 2.58. The van der Waals surface area contributed by atoms with E-state index in [9.17, 15) is 4.79 Å². The van der Waals surface area contributed by atoms with Crippen LogP contribution < -0.4 is 5.32 Å². The van der Waals surface area contributed by atoms with Crippen LogP contribution in [0.4, 0.5) is 0 Å². The summed E-state index contributed by atoms with van der Waals surface area (Å²) >= 11 is 11.7. The summed E-state index contributed by atoms with van der Waals surface area (Å²) in [4.78, 5) is 11.5. The number of methoxy groups -OCH3 is 1. The van der Waals surface area contributed by atoms with E-state index in [2.05, 4.69) is 5.32 Å². The van der Waals surface area contributed by atoms with Crippen molar-refractivity contribution < 1.29 is 9.53 Å². The Kier molecular flexibility index (Phi) is 6.19. The van der Waals surface area contributed by atoms with Crippen LogP contribution in [0.5, 0.6) is 0 Å². The molecule has 0 aliphatic rings. The van der Waals surface area contributed by atoms with Crippen molar-refractivity contribution in [3.63, 3.8) is 0 Å². The third-order valence-corrected chi connectivity index (χ3v) is 2.92. The van der Waals surface area contributed by atoms with E-state index < -0.39 is 0 Å². The number of ether oxygens (including phenoxy) is 1. The molecular weight excluding hydrogens is 273 g/mol. The van der Waals surface area contributed by atoms with E-state index >= 15 is 0 Å². The van der Waals surface area contributed by atoms with Crippen molar-refractivity contribution in [1.82, 2.24) is 5.32 Å². The summed E-state index contributed by atoms with van der Waals surface area (Å²) in [5, 5.41) is 3.72. The molecule has 0 spiro atoms. The van der Waals surface area contributed by atoms with Crippen LogP contribution in [-0.2, 0) is 9.53 Å². The van der Waals surface area contributed by atoms with Gasteiger partial charge in [-0.25, -0.2) is 0 Å². The van der Waals surface area contributed by atoms with Gasteiger partial charge in [-0.1, -0.05) is 29.3 Å². The molecule has 0 saturated heterocycles. The second-order valence-electron chi connectivity index (χ2n) is 3.87. The summed E-state index contributed by atoms with van der Waals surface area (Å²) in [7, 11) is 1.59. The first-order chi connectivity index (χ1) is 8.52. The Bertz CT molecular complexity index is 447. The highest BCUT2D eigenvalue weighted by Crippen LogP contribution is 2.22. The molecule has 1 aromatic rings. The molecule has 1 atom stereocenters. The smallest absolute Gasteiger partial charge is 0.244 e. The predicted molar refractivity (Wildman–Crippen MR) is 75.0 cm³/mol. The van der Waals surface area contributed by atoms with Gasteiger partial charge in [-0.2, -0.15) is 0 Å². The average molecular weight is 288 g/mol. The lowest BCUT2D eigenvalue weighted by atomic mass is 10.2. The third kappa shape index (κ3) is 5.08. The molecule has 5 heteroatoms. The highest BCUT2D eigenvalue weighted by Gasteiger charge is 2.03. The standard InChI is InChI=1S/C13H15Cl2NO2/c1-9(8-18-2)16-13(17)6-4-10-3-5-11(14)12(15)7-10/h3-7,9H,8H2,1-2H3,(H,16,17). The first-order valence-corrected chi connectivity index (χ1v) is 6.21. The Hall–Kier alpha value is -1.03. The van der Waals surface area contributed by atoms with Gasteiger partial charge in [0.2, 0.25) is 5.91 Å². The van der Waals surface area contributed by atoms with Crippen molar-refractivity contribution in [2.45, 2.75) is 13.0 Å². The Morgan fingerprint density at radius 1 is 1.44 bits per heavy atom. The van der Waals surface area contributed by atoms with Crippen molar-refractivity contribution >= 4 is 35.2 Å². The first kappa shape index (κ1) is 15.0. The lowest BCUT2D eigenvalue weighted by Crippen LogP contribution is -2.34. The number of carbonyl (C=O) groups excluding carboxylic acids is 1. The molecule has 0 fully saturated rings. The number of nitrogens with one attached hydrogen (secondary N) is 1. The lowest BCUT2D eigenvalue weighted by molar-refractivity contribution is -0.117. The quantitative estimate of drug-likeness (QED) is 0.845. The molecule has 18 heavy (non-hydrogen) atoms. The molecule has 0 aliphatic heterocycles. The minimum Gasteiger partial charge on any atom is -0.383 e. The van der Waals surface area contributed by atoms with E-state index in [1.807, 2.05) is 6.92 Å². The molecule has 1 unspecified atom stereocenters. The zero-order valence-corrected chi connectivity index (χ0v) is 11.8. The molecule has 1 rings (SSSR count). The SMILES string of the molecule is COCC(C)NC(=O)C=Cc1ccc(Cl)c(Cl)c1. The molecule has 98 valence electrons. The molecule has 0 radical (unpaired) electrons. The average Bonchev–Trinajstić information content (AvgIpc) is 2.31. The van der Waals surface area contributed by atoms with Crippen LogP contribution in [0.1, 0.15) is 12.5 Å². The molecule has 1 N–H and O–H groups in total. The summed E-state index contributed by atoms with van der Waals surface area (Å²) in [5.41, 5.74) is 0.818. The van der Waals surface area contributed by atoms with Crippen LogP contribution in [-0.4, -0.2) is 25.7 Å². The van der Waals surface area contributed by atoms with Gasteiger partial charge >= 0.3 is 0 Å². The van der Waals surface area contributed by atoms with Crippen LogP contribution in [0.15, 0.2) is 24.3 Å². The lowest BCUT2D eigenvalue weighted by Gasteiger charge is -2.10. The van der Waals surface area contributed by atoms with Crippen LogP contribution in [0.3, 0.4) is 0 Å². The Morgan fingerprint density at radius 3 is 2.78 bits per heavy atom. The fourth-order valence-electron chi connectivity index (χ4n) is 1.37. The maximum atomic E-state index is 11.5. The molecular formula is C13H15Cl2NO2. The van der Waals surface area contributed by atoms with Crippen molar-refractivity contribution in [3.8, 4) is 0 Å². The summed E-state index contributed by atoms with van der Waals surface area (Å²) in [5.74, 6) is -0.175. The molecule has 3 nitrogen and oxygen atoms in total. The summed E-state index contributed by atoms with van der Waals surface area (Å²) < 4.78 is 4.93. The Labute approximate surface area is 117 Å². The van der Waals surface area contributed by atoms with E-state index in [4.69, 9.17) is 27.9 Å². The van der Waals surface area contributed by atoms with Gasteiger partial charge in [0.15, 0.2) is 0 Å². The van der Waals surface area contributed by atoms with Gasteiger partial charge in [0, 0.05) is 19.2 Å². The monoisotopic (exact) mass is 287 g/mol.